The lowest BCUT2D eigenvalue weighted by atomic mass is 10.2. The van der Waals surface area contributed by atoms with E-state index in [2.05, 4.69) is 61.3 Å². The maximum absolute atomic E-state index is 5.59. The van der Waals surface area contributed by atoms with Crippen molar-refractivity contribution in [1.29, 1.82) is 0 Å². The van der Waals surface area contributed by atoms with Gasteiger partial charge in [-0.2, -0.15) is 0 Å². The highest BCUT2D eigenvalue weighted by atomic mass is 79.9. The van der Waals surface area contributed by atoms with E-state index in [0.717, 1.165) is 40.4 Å². The monoisotopic (exact) mass is 404 g/mol. The van der Waals surface area contributed by atoms with Gasteiger partial charge in [0.15, 0.2) is 0 Å². The molecule has 0 aromatic heterocycles. The first-order valence-electron chi connectivity index (χ1n) is 7.13. The fraction of sp³-hybridized carbons (Fsp3) is 0.600. The van der Waals surface area contributed by atoms with E-state index in [4.69, 9.17) is 4.74 Å². The quantitative estimate of drug-likeness (QED) is 0.665. The van der Waals surface area contributed by atoms with Crippen LogP contribution < -0.4 is 10.1 Å². The molecule has 0 unspecified atom stereocenters. The van der Waals surface area contributed by atoms with E-state index in [9.17, 15) is 0 Å². The summed E-state index contributed by atoms with van der Waals surface area (Å²) in [5, 5.41) is 3.50. The lowest BCUT2D eigenvalue weighted by molar-refractivity contribution is 0.321. The third-order valence-electron chi connectivity index (χ3n) is 3.49. The van der Waals surface area contributed by atoms with E-state index in [1.807, 2.05) is 6.92 Å². The lowest BCUT2D eigenvalue weighted by Crippen LogP contribution is -2.30. The van der Waals surface area contributed by atoms with E-state index in [1.165, 1.54) is 18.4 Å². The Bertz CT molecular complexity index is 426. The molecule has 0 saturated heterocycles. The first kappa shape index (κ1) is 16.3. The summed E-state index contributed by atoms with van der Waals surface area (Å²) < 4.78 is 7.59. The Morgan fingerprint density at radius 2 is 1.95 bits per heavy atom. The Balaban J connectivity index is 1.80. The second kappa shape index (κ2) is 7.78. The Labute approximate surface area is 138 Å². The number of ether oxygens (including phenoxy) is 1. The maximum atomic E-state index is 5.59. The van der Waals surface area contributed by atoms with Crippen molar-refractivity contribution >= 4 is 31.9 Å². The number of nitrogens with zero attached hydrogens (tertiary/aromatic N) is 1. The van der Waals surface area contributed by atoms with Crippen LogP contribution in [0.2, 0.25) is 0 Å². The second-order valence-electron chi connectivity index (χ2n) is 5.21. The van der Waals surface area contributed by atoms with Crippen molar-refractivity contribution in [2.75, 3.05) is 26.7 Å². The van der Waals surface area contributed by atoms with Gasteiger partial charge in [0.1, 0.15) is 5.75 Å². The number of likely N-dealkylation sites (N-methyl/N-ethyl adjacent to an activating group) is 1. The molecule has 0 aliphatic heterocycles. The van der Waals surface area contributed by atoms with Gasteiger partial charge in [-0.3, -0.25) is 0 Å². The lowest BCUT2D eigenvalue weighted by Gasteiger charge is -2.16. The van der Waals surface area contributed by atoms with E-state index < -0.39 is 0 Å². The van der Waals surface area contributed by atoms with Crippen LogP contribution in [0.15, 0.2) is 21.1 Å². The van der Waals surface area contributed by atoms with Gasteiger partial charge in [0, 0.05) is 25.7 Å². The van der Waals surface area contributed by atoms with Crippen LogP contribution in [0.1, 0.15) is 25.3 Å². The van der Waals surface area contributed by atoms with Crippen LogP contribution in [0.3, 0.4) is 0 Å². The van der Waals surface area contributed by atoms with Crippen LogP contribution in [0.25, 0.3) is 0 Å². The summed E-state index contributed by atoms with van der Waals surface area (Å²) >= 11 is 7.13. The van der Waals surface area contributed by atoms with Gasteiger partial charge in [-0.05, 0) is 76.4 Å². The van der Waals surface area contributed by atoms with Gasteiger partial charge in [0.25, 0.3) is 0 Å². The highest BCUT2D eigenvalue weighted by molar-refractivity contribution is 9.11. The number of nitrogens with one attached hydrogen (secondary N) is 1. The van der Waals surface area contributed by atoms with Crippen molar-refractivity contribution in [3.8, 4) is 5.75 Å². The van der Waals surface area contributed by atoms with Crippen LogP contribution in [-0.2, 0) is 6.54 Å². The van der Waals surface area contributed by atoms with Crippen LogP contribution in [0.5, 0.6) is 5.75 Å². The molecule has 112 valence electrons. The minimum absolute atomic E-state index is 0.669. The van der Waals surface area contributed by atoms with Crippen LogP contribution in [0, 0.1) is 0 Å². The van der Waals surface area contributed by atoms with Gasteiger partial charge in [-0.15, -0.1) is 0 Å². The van der Waals surface area contributed by atoms with Crippen molar-refractivity contribution in [3.05, 3.63) is 26.6 Å². The van der Waals surface area contributed by atoms with E-state index in [0.29, 0.717) is 6.61 Å². The summed E-state index contributed by atoms with van der Waals surface area (Å²) in [4.78, 5) is 2.44. The molecule has 0 spiro atoms. The van der Waals surface area contributed by atoms with Gasteiger partial charge in [-0.25, -0.2) is 0 Å². The summed E-state index contributed by atoms with van der Waals surface area (Å²) in [6, 6.07) is 5.08. The zero-order chi connectivity index (χ0) is 14.5. The second-order valence-corrected chi connectivity index (χ2v) is 6.92. The van der Waals surface area contributed by atoms with Crippen molar-refractivity contribution in [3.63, 3.8) is 0 Å². The molecule has 0 atom stereocenters. The smallest absolute Gasteiger partial charge is 0.147 e. The molecule has 1 N–H and O–H groups in total. The molecule has 20 heavy (non-hydrogen) atoms. The van der Waals surface area contributed by atoms with Crippen molar-refractivity contribution < 1.29 is 4.74 Å². The Morgan fingerprint density at radius 1 is 1.30 bits per heavy atom. The number of rotatable bonds is 8. The summed E-state index contributed by atoms with van der Waals surface area (Å²) in [6.45, 7) is 5.68. The SMILES string of the molecule is CCOc1c(Br)cc(CNCCN(C)C2CC2)cc1Br. The molecule has 0 amide bonds. The summed E-state index contributed by atoms with van der Waals surface area (Å²) in [7, 11) is 2.21. The van der Waals surface area contributed by atoms with Crippen molar-refractivity contribution in [1.82, 2.24) is 10.2 Å². The predicted octanol–water partition coefficient (Wildman–Crippen LogP) is 3.79. The van der Waals surface area contributed by atoms with Crippen LogP contribution >= 0.6 is 31.9 Å². The molecule has 5 heteroatoms. The summed E-state index contributed by atoms with van der Waals surface area (Å²) in [5.74, 6) is 0.879. The number of hydrogen-bond acceptors (Lipinski definition) is 3. The van der Waals surface area contributed by atoms with E-state index in [-0.39, 0.29) is 0 Å². The Morgan fingerprint density at radius 3 is 2.50 bits per heavy atom. The molecule has 1 saturated carbocycles. The first-order valence-corrected chi connectivity index (χ1v) is 8.72. The normalized spacial score (nSPS) is 14.8. The molecule has 0 heterocycles. The molecule has 1 aliphatic carbocycles. The average Bonchev–Trinajstić information content (AvgIpc) is 3.23. The first-order chi connectivity index (χ1) is 9.61. The van der Waals surface area contributed by atoms with Gasteiger partial charge in [-0.1, -0.05) is 0 Å². The Kier molecular flexibility index (Phi) is 6.33. The molecule has 3 nitrogen and oxygen atoms in total. The molecule has 0 radical (unpaired) electrons. The predicted molar refractivity (Wildman–Crippen MR) is 90.4 cm³/mol. The largest absolute Gasteiger partial charge is 0.492 e. The summed E-state index contributed by atoms with van der Waals surface area (Å²) in [5.41, 5.74) is 1.25. The minimum Gasteiger partial charge on any atom is -0.492 e. The molecule has 2 rings (SSSR count). The molecular formula is C15H22Br2N2O. The van der Waals surface area contributed by atoms with Gasteiger partial charge in [0.2, 0.25) is 0 Å². The number of hydrogen-bond donors (Lipinski definition) is 1. The van der Waals surface area contributed by atoms with Gasteiger partial charge < -0.3 is 15.0 Å². The van der Waals surface area contributed by atoms with E-state index >= 15 is 0 Å². The van der Waals surface area contributed by atoms with Gasteiger partial charge >= 0.3 is 0 Å². The van der Waals surface area contributed by atoms with Crippen LogP contribution in [0.4, 0.5) is 0 Å². The summed E-state index contributed by atoms with van der Waals surface area (Å²) in [6.07, 6.45) is 2.74. The molecule has 1 fully saturated rings. The van der Waals surface area contributed by atoms with Crippen molar-refractivity contribution in [2.24, 2.45) is 0 Å². The Hall–Kier alpha value is -0.100. The highest BCUT2D eigenvalue weighted by Crippen LogP contribution is 2.34. The zero-order valence-corrected chi connectivity index (χ0v) is 15.3. The minimum atomic E-state index is 0.669. The number of benzene rings is 1. The standard InChI is InChI=1S/C15H22Br2N2O/c1-3-20-15-13(16)8-11(9-14(15)17)10-18-6-7-19(2)12-4-5-12/h8-9,12,18H,3-7,10H2,1-2H3. The third-order valence-corrected chi connectivity index (χ3v) is 4.67. The number of halogens is 2. The molecule has 1 aromatic carbocycles. The third kappa shape index (κ3) is 4.72. The fourth-order valence-electron chi connectivity index (χ4n) is 2.18. The van der Waals surface area contributed by atoms with E-state index in [1.54, 1.807) is 0 Å². The van der Waals surface area contributed by atoms with Crippen LogP contribution in [-0.4, -0.2) is 37.7 Å². The maximum Gasteiger partial charge on any atom is 0.147 e. The fourth-order valence-corrected chi connectivity index (χ4v) is 3.69. The average molecular weight is 406 g/mol. The van der Waals surface area contributed by atoms with Gasteiger partial charge in [0.05, 0.1) is 15.6 Å². The topological polar surface area (TPSA) is 24.5 Å². The van der Waals surface area contributed by atoms with Crippen molar-refractivity contribution in [2.45, 2.75) is 32.4 Å². The molecule has 1 aliphatic rings. The molecule has 1 aromatic rings. The molecule has 0 bridgehead atoms. The zero-order valence-electron chi connectivity index (χ0n) is 12.1. The highest BCUT2D eigenvalue weighted by Gasteiger charge is 2.25. The molecular weight excluding hydrogens is 384 g/mol.